The summed E-state index contributed by atoms with van der Waals surface area (Å²) in [5.74, 6) is 0. The number of pyridine rings is 1. The quantitative estimate of drug-likeness (QED) is 0.212. The summed E-state index contributed by atoms with van der Waals surface area (Å²) >= 11 is 1.37. The Balaban J connectivity index is 1.56. The van der Waals surface area contributed by atoms with E-state index in [1.165, 1.54) is 15.3 Å². The number of carbonyl (C=O) groups excluding carboxylic acids is 1. The number of aryl methyl sites for hydroxylation is 1. The molecule has 1 amide bonds. The van der Waals surface area contributed by atoms with Crippen LogP contribution in [0.5, 0.6) is 0 Å². The number of thiophene rings is 1. The molecule has 4 aromatic rings. The van der Waals surface area contributed by atoms with E-state index in [0.29, 0.717) is 27.5 Å². The maximum atomic E-state index is 13.4. The van der Waals surface area contributed by atoms with Crippen LogP contribution in [0.1, 0.15) is 26.5 Å². The fourth-order valence-corrected chi connectivity index (χ4v) is 8.49. The smallest absolute Gasteiger partial charge is 0.407 e. The molecule has 0 saturated heterocycles. The van der Waals surface area contributed by atoms with Crippen LogP contribution in [0.25, 0.3) is 21.5 Å². The lowest BCUT2D eigenvalue weighted by Gasteiger charge is -2.21. The third-order valence-corrected chi connectivity index (χ3v) is 11.5. The average molecular weight is 577 g/mol. The van der Waals surface area contributed by atoms with E-state index in [4.69, 9.17) is 4.74 Å². The summed E-state index contributed by atoms with van der Waals surface area (Å²) < 4.78 is 50.4. The Bertz CT molecular complexity index is 1620. The molecular formula is C26H32N4O5S3. The predicted molar refractivity (Wildman–Crippen MR) is 153 cm³/mol. The van der Waals surface area contributed by atoms with Gasteiger partial charge >= 0.3 is 6.09 Å². The molecule has 0 aliphatic carbocycles. The van der Waals surface area contributed by atoms with Crippen molar-refractivity contribution in [2.24, 2.45) is 0 Å². The highest BCUT2D eigenvalue weighted by Gasteiger charge is 2.24. The first-order valence-electron chi connectivity index (χ1n) is 12.0. The second-order valence-electron chi connectivity index (χ2n) is 9.86. The Labute approximate surface area is 227 Å². The van der Waals surface area contributed by atoms with Gasteiger partial charge in [0.05, 0.1) is 9.10 Å². The minimum absolute atomic E-state index is 0.186. The monoisotopic (exact) mass is 576 g/mol. The number of ether oxygens (including phenoxy) is 1. The molecule has 0 spiro atoms. The van der Waals surface area contributed by atoms with Crippen molar-refractivity contribution in [3.8, 4) is 10.4 Å². The van der Waals surface area contributed by atoms with Crippen molar-refractivity contribution in [1.29, 1.82) is 0 Å². The largest absolute Gasteiger partial charge is 0.444 e. The second-order valence-corrected chi connectivity index (χ2v) is 15.7. The molecule has 0 bridgehead atoms. The van der Waals surface area contributed by atoms with Crippen LogP contribution in [0.15, 0.2) is 69.9 Å². The molecule has 38 heavy (non-hydrogen) atoms. The molecule has 0 atom stereocenters. The van der Waals surface area contributed by atoms with Gasteiger partial charge in [-0.05, 0) is 74.2 Å². The molecule has 1 aromatic carbocycles. The van der Waals surface area contributed by atoms with E-state index in [1.54, 1.807) is 70.5 Å². The van der Waals surface area contributed by atoms with E-state index >= 15 is 0 Å². The molecule has 0 aliphatic heterocycles. The van der Waals surface area contributed by atoms with Gasteiger partial charge in [-0.25, -0.2) is 22.2 Å². The zero-order chi connectivity index (χ0) is 27.7. The highest BCUT2D eigenvalue weighted by Crippen LogP contribution is 2.37. The van der Waals surface area contributed by atoms with E-state index in [-0.39, 0.29) is 11.4 Å². The van der Waals surface area contributed by atoms with Gasteiger partial charge in [-0.15, -0.1) is 11.3 Å². The van der Waals surface area contributed by atoms with Crippen LogP contribution < -0.4 is 10.0 Å². The van der Waals surface area contributed by atoms with Crippen molar-refractivity contribution in [3.63, 3.8) is 0 Å². The molecule has 0 aliphatic rings. The number of benzene rings is 1. The van der Waals surface area contributed by atoms with Crippen molar-refractivity contribution in [2.75, 3.05) is 19.3 Å². The lowest BCUT2D eigenvalue weighted by Crippen LogP contribution is -2.39. The van der Waals surface area contributed by atoms with Crippen LogP contribution in [-0.2, 0) is 24.9 Å². The van der Waals surface area contributed by atoms with Crippen LogP contribution in [-0.4, -0.2) is 52.6 Å². The number of nitrogens with zero attached hydrogens (tertiary/aromatic N) is 2. The van der Waals surface area contributed by atoms with Crippen molar-refractivity contribution in [2.45, 2.75) is 42.4 Å². The summed E-state index contributed by atoms with van der Waals surface area (Å²) in [6.07, 6.45) is 2.70. The van der Waals surface area contributed by atoms with Crippen LogP contribution >= 0.6 is 11.3 Å². The molecule has 0 radical (unpaired) electrons. The van der Waals surface area contributed by atoms with E-state index in [0.717, 1.165) is 10.4 Å². The lowest BCUT2D eigenvalue weighted by atomic mass is 10.1. The fourth-order valence-electron chi connectivity index (χ4n) is 3.94. The maximum absolute atomic E-state index is 13.4. The standard InChI is InChI=1S/C26H32N4O5S3/c1-18-17-21-20(13-14-27-24(21)30(18)38(33,34)19-9-7-6-8-10-19)22-11-12-23(36-22)37(5,32)29-16-15-28-25(31)35-26(2,3)4/h6-14,17,37H,15-16H2,1-5H3,(H,28,31)(H,29,32). The van der Waals surface area contributed by atoms with E-state index in [9.17, 15) is 17.4 Å². The summed E-state index contributed by atoms with van der Waals surface area (Å²) in [5.41, 5.74) is 1.10. The Hall–Kier alpha value is -3.06. The van der Waals surface area contributed by atoms with Crippen LogP contribution in [0, 0.1) is 6.92 Å². The highest BCUT2D eigenvalue weighted by atomic mass is 32.3. The topological polar surface area (TPSA) is 119 Å². The van der Waals surface area contributed by atoms with Crippen molar-refractivity contribution >= 4 is 48.6 Å². The number of rotatable bonds is 8. The molecule has 2 N–H and O–H groups in total. The first kappa shape index (κ1) is 28.0. The summed E-state index contributed by atoms with van der Waals surface area (Å²) in [5, 5.41) is 3.34. The summed E-state index contributed by atoms with van der Waals surface area (Å²) in [6.45, 7) is 7.66. The Morgan fingerprint density at radius 3 is 2.50 bits per heavy atom. The van der Waals surface area contributed by atoms with Crippen molar-refractivity contribution in [1.82, 2.24) is 19.0 Å². The molecule has 3 aromatic heterocycles. The van der Waals surface area contributed by atoms with E-state index in [2.05, 4.69) is 15.0 Å². The third kappa shape index (κ3) is 5.98. The van der Waals surface area contributed by atoms with Gasteiger partial charge in [0.25, 0.3) is 10.0 Å². The first-order valence-corrected chi connectivity index (χ1v) is 16.4. The summed E-state index contributed by atoms with van der Waals surface area (Å²) in [4.78, 5) is 17.2. The van der Waals surface area contributed by atoms with Crippen LogP contribution in [0.3, 0.4) is 0 Å². The SMILES string of the molecule is Cc1cc2c(-c3ccc([SH](C)(=O)NCCNC(=O)OC(C)(C)C)s3)ccnc2n1S(=O)(=O)c1ccccc1. The van der Waals surface area contributed by atoms with Gasteiger partial charge in [0.15, 0.2) is 5.65 Å². The van der Waals surface area contributed by atoms with Crippen molar-refractivity contribution in [3.05, 3.63) is 66.5 Å². The fraction of sp³-hybridized carbons (Fsp3) is 0.308. The first-order chi connectivity index (χ1) is 17.8. The molecular weight excluding hydrogens is 545 g/mol. The zero-order valence-corrected chi connectivity index (χ0v) is 24.4. The number of hydrogen-bond acceptors (Lipinski definition) is 7. The van der Waals surface area contributed by atoms with Gasteiger partial charge in [-0.2, -0.15) is 0 Å². The number of aromatic nitrogens is 2. The Kier molecular flexibility index (Phi) is 7.80. The lowest BCUT2D eigenvalue weighted by molar-refractivity contribution is 0.0529. The van der Waals surface area contributed by atoms with E-state index < -0.39 is 31.8 Å². The molecule has 12 heteroatoms. The van der Waals surface area contributed by atoms with Gasteiger partial charge in [0, 0.05) is 47.1 Å². The maximum Gasteiger partial charge on any atom is 0.407 e. The van der Waals surface area contributed by atoms with Gasteiger partial charge in [0.2, 0.25) is 0 Å². The molecule has 9 nitrogen and oxygen atoms in total. The van der Waals surface area contributed by atoms with Crippen LogP contribution in [0.2, 0.25) is 0 Å². The second kappa shape index (κ2) is 10.6. The number of thiol groups is 1. The highest BCUT2D eigenvalue weighted by molar-refractivity contribution is 8.02. The van der Waals surface area contributed by atoms with Gasteiger partial charge < -0.3 is 10.1 Å². The minimum atomic E-state index is -3.83. The molecule has 3 heterocycles. The summed E-state index contributed by atoms with van der Waals surface area (Å²) in [6, 6.07) is 15.6. The molecule has 0 fully saturated rings. The third-order valence-electron chi connectivity index (χ3n) is 5.60. The Morgan fingerprint density at radius 1 is 1.11 bits per heavy atom. The van der Waals surface area contributed by atoms with E-state index in [1.807, 2.05) is 24.3 Å². The average Bonchev–Trinajstić information content (AvgIpc) is 3.46. The Morgan fingerprint density at radius 2 is 1.82 bits per heavy atom. The number of fused-ring (bicyclic) bond motifs is 1. The normalized spacial score (nSPS) is 13.0. The number of amides is 1. The zero-order valence-electron chi connectivity index (χ0n) is 21.9. The number of carbonyl (C=O) groups is 1. The molecule has 4 rings (SSSR count). The van der Waals surface area contributed by atoms with Gasteiger partial charge in [-0.1, -0.05) is 18.2 Å². The van der Waals surface area contributed by atoms with Crippen molar-refractivity contribution < 1.29 is 22.2 Å². The summed E-state index contributed by atoms with van der Waals surface area (Å²) in [7, 11) is -6.75. The predicted octanol–water partition coefficient (Wildman–Crippen LogP) is 4.34. The number of alkyl carbamates (subject to hydrolysis) is 1. The van der Waals surface area contributed by atoms with Crippen LogP contribution in [0.4, 0.5) is 4.79 Å². The number of nitrogens with one attached hydrogen (secondary N) is 2. The van der Waals surface area contributed by atoms with Gasteiger partial charge in [0.1, 0.15) is 5.60 Å². The molecule has 204 valence electrons. The van der Waals surface area contributed by atoms with Gasteiger partial charge in [-0.3, -0.25) is 8.93 Å². The molecule has 0 unspecified atom stereocenters. The number of hydrogen-bond donors (Lipinski definition) is 3. The molecule has 0 saturated carbocycles. The minimum Gasteiger partial charge on any atom is -0.444 e.